The summed E-state index contributed by atoms with van der Waals surface area (Å²) in [4.78, 5) is 23.0. The number of piperazine rings is 1. The summed E-state index contributed by atoms with van der Waals surface area (Å²) in [6.45, 7) is 5.18. The molecule has 1 fully saturated rings. The Labute approximate surface area is 139 Å². The van der Waals surface area contributed by atoms with E-state index < -0.39 is 11.9 Å². The van der Waals surface area contributed by atoms with Crippen molar-refractivity contribution in [3.05, 3.63) is 18.0 Å². The van der Waals surface area contributed by atoms with E-state index in [2.05, 4.69) is 22.2 Å². The maximum absolute atomic E-state index is 12.7. The number of carbonyl (C=O) groups is 1. The van der Waals surface area contributed by atoms with Gasteiger partial charge in [0.05, 0.1) is 6.54 Å². The van der Waals surface area contributed by atoms with Crippen LogP contribution >= 0.6 is 0 Å². The Morgan fingerprint density at radius 1 is 1.29 bits per heavy atom. The minimum Gasteiger partial charge on any atom is -0.355 e. The standard InChI is InChI=1S/C15H22F3N5O/c1-2-3-5-19-13(24)11-22-7-9-23(10-8-22)14-20-6-4-12(21-14)15(16,17)18/h4,6H,2-3,5,7-11H2,1H3,(H,19,24). The summed E-state index contributed by atoms with van der Waals surface area (Å²) >= 11 is 0. The second-order valence-corrected chi connectivity index (χ2v) is 5.71. The molecule has 2 rings (SSSR count). The fourth-order valence-corrected chi connectivity index (χ4v) is 2.43. The van der Waals surface area contributed by atoms with Crippen molar-refractivity contribution in [2.24, 2.45) is 0 Å². The minimum absolute atomic E-state index is 0.0211. The highest BCUT2D eigenvalue weighted by atomic mass is 19.4. The number of halogens is 3. The fraction of sp³-hybridized carbons (Fsp3) is 0.667. The van der Waals surface area contributed by atoms with Crippen LogP contribution < -0.4 is 10.2 Å². The molecule has 1 N–H and O–H groups in total. The van der Waals surface area contributed by atoms with E-state index in [0.717, 1.165) is 25.1 Å². The van der Waals surface area contributed by atoms with Crippen LogP contribution in [0, 0.1) is 0 Å². The van der Waals surface area contributed by atoms with Crippen molar-refractivity contribution >= 4 is 11.9 Å². The van der Waals surface area contributed by atoms with Crippen LogP contribution in [0.2, 0.25) is 0 Å². The molecule has 0 bridgehead atoms. The topological polar surface area (TPSA) is 61.4 Å². The number of aromatic nitrogens is 2. The molecule has 0 radical (unpaired) electrons. The lowest BCUT2D eigenvalue weighted by Crippen LogP contribution is -2.50. The predicted octanol–water partition coefficient (Wildman–Crippen LogP) is 1.53. The summed E-state index contributed by atoms with van der Waals surface area (Å²) in [6, 6.07) is 0.861. The number of carbonyl (C=O) groups excluding carboxylic acids is 1. The van der Waals surface area contributed by atoms with Gasteiger partial charge in [-0.05, 0) is 12.5 Å². The van der Waals surface area contributed by atoms with Crippen molar-refractivity contribution in [2.75, 3.05) is 44.2 Å². The van der Waals surface area contributed by atoms with Gasteiger partial charge in [0, 0.05) is 38.9 Å². The third-order valence-electron chi connectivity index (χ3n) is 3.81. The molecule has 134 valence electrons. The summed E-state index contributed by atoms with van der Waals surface area (Å²) in [5, 5.41) is 2.85. The Balaban J connectivity index is 1.83. The van der Waals surface area contributed by atoms with Gasteiger partial charge in [0.1, 0.15) is 5.69 Å². The molecular formula is C15H22F3N5O. The predicted molar refractivity (Wildman–Crippen MR) is 83.6 cm³/mol. The molecule has 1 saturated heterocycles. The maximum Gasteiger partial charge on any atom is 0.433 e. The van der Waals surface area contributed by atoms with Crippen LogP contribution in [-0.2, 0) is 11.0 Å². The second kappa shape index (κ2) is 8.27. The summed E-state index contributed by atoms with van der Waals surface area (Å²) in [5.74, 6) is 0.0593. The van der Waals surface area contributed by atoms with Crippen LogP contribution in [0.4, 0.5) is 19.1 Å². The van der Waals surface area contributed by atoms with Gasteiger partial charge in [0.2, 0.25) is 11.9 Å². The zero-order valence-corrected chi connectivity index (χ0v) is 13.6. The number of nitrogens with one attached hydrogen (secondary N) is 1. The van der Waals surface area contributed by atoms with E-state index >= 15 is 0 Å². The molecule has 1 aromatic heterocycles. The molecule has 2 heterocycles. The van der Waals surface area contributed by atoms with Crippen LogP contribution in [0.1, 0.15) is 25.5 Å². The molecule has 1 aliphatic heterocycles. The van der Waals surface area contributed by atoms with E-state index in [4.69, 9.17) is 0 Å². The average Bonchev–Trinajstić information content (AvgIpc) is 2.55. The molecule has 24 heavy (non-hydrogen) atoms. The van der Waals surface area contributed by atoms with E-state index in [9.17, 15) is 18.0 Å². The highest BCUT2D eigenvalue weighted by molar-refractivity contribution is 5.78. The van der Waals surface area contributed by atoms with Crippen molar-refractivity contribution in [3.8, 4) is 0 Å². The molecule has 0 unspecified atom stereocenters. The summed E-state index contributed by atoms with van der Waals surface area (Å²) in [6.07, 6.45) is -1.38. The second-order valence-electron chi connectivity index (χ2n) is 5.71. The molecule has 9 heteroatoms. The Kier molecular flexibility index (Phi) is 6.36. The van der Waals surface area contributed by atoms with Gasteiger partial charge in [-0.25, -0.2) is 9.97 Å². The van der Waals surface area contributed by atoms with Crippen molar-refractivity contribution in [3.63, 3.8) is 0 Å². The number of hydrogen-bond donors (Lipinski definition) is 1. The van der Waals surface area contributed by atoms with Gasteiger partial charge in [0.15, 0.2) is 0 Å². The number of nitrogens with zero attached hydrogens (tertiary/aromatic N) is 4. The molecule has 6 nitrogen and oxygen atoms in total. The first-order valence-electron chi connectivity index (χ1n) is 8.04. The van der Waals surface area contributed by atoms with Crippen molar-refractivity contribution in [1.82, 2.24) is 20.2 Å². The lowest BCUT2D eigenvalue weighted by molar-refractivity contribution is -0.141. The SMILES string of the molecule is CCCCNC(=O)CN1CCN(c2nccc(C(F)(F)F)n2)CC1. The van der Waals surface area contributed by atoms with Crippen molar-refractivity contribution in [2.45, 2.75) is 25.9 Å². The summed E-state index contributed by atoms with van der Waals surface area (Å²) in [5.41, 5.74) is -0.940. The zero-order chi connectivity index (χ0) is 17.6. The largest absolute Gasteiger partial charge is 0.433 e. The van der Waals surface area contributed by atoms with E-state index in [1.807, 2.05) is 4.90 Å². The highest BCUT2D eigenvalue weighted by Crippen LogP contribution is 2.28. The van der Waals surface area contributed by atoms with Crippen molar-refractivity contribution < 1.29 is 18.0 Å². The maximum atomic E-state index is 12.7. The Hall–Kier alpha value is -1.90. The molecule has 0 aliphatic carbocycles. The number of amides is 1. The third kappa shape index (κ3) is 5.33. The van der Waals surface area contributed by atoms with Gasteiger partial charge in [-0.3, -0.25) is 9.69 Å². The van der Waals surface area contributed by atoms with Crippen LogP contribution in [0.3, 0.4) is 0 Å². The first kappa shape index (κ1) is 18.4. The molecule has 1 aliphatic rings. The van der Waals surface area contributed by atoms with Gasteiger partial charge in [-0.15, -0.1) is 0 Å². The normalized spacial score (nSPS) is 16.2. The van der Waals surface area contributed by atoms with Crippen LogP contribution in [0.15, 0.2) is 12.3 Å². The monoisotopic (exact) mass is 345 g/mol. The van der Waals surface area contributed by atoms with Gasteiger partial charge in [-0.2, -0.15) is 13.2 Å². The third-order valence-corrected chi connectivity index (χ3v) is 3.81. The Morgan fingerprint density at radius 2 is 2.00 bits per heavy atom. The zero-order valence-electron chi connectivity index (χ0n) is 13.6. The number of rotatable bonds is 6. The number of alkyl halides is 3. The summed E-state index contributed by atoms with van der Waals surface area (Å²) in [7, 11) is 0. The van der Waals surface area contributed by atoms with Crippen LogP contribution in [0.5, 0.6) is 0 Å². The fourth-order valence-electron chi connectivity index (χ4n) is 2.43. The van der Waals surface area contributed by atoms with E-state index in [0.29, 0.717) is 39.3 Å². The number of unbranched alkanes of at least 4 members (excludes halogenated alkanes) is 1. The molecule has 0 spiro atoms. The first-order chi connectivity index (χ1) is 11.4. The van der Waals surface area contributed by atoms with Gasteiger partial charge in [0.25, 0.3) is 0 Å². The Bertz CT molecular complexity index is 544. The van der Waals surface area contributed by atoms with Gasteiger partial charge < -0.3 is 10.2 Å². The molecule has 1 amide bonds. The number of hydrogen-bond acceptors (Lipinski definition) is 5. The van der Waals surface area contributed by atoms with Crippen molar-refractivity contribution in [1.29, 1.82) is 0 Å². The molecule has 1 aromatic rings. The highest BCUT2D eigenvalue weighted by Gasteiger charge is 2.33. The molecule has 0 aromatic carbocycles. The van der Waals surface area contributed by atoms with E-state index in [1.165, 1.54) is 0 Å². The number of anilines is 1. The molecule has 0 saturated carbocycles. The van der Waals surface area contributed by atoms with Gasteiger partial charge >= 0.3 is 6.18 Å². The lowest BCUT2D eigenvalue weighted by Gasteiger charge is -2.34. The quantitative estimate of drug-likeness (QED) is 0.793. The molecule has 0 atom stereocenters. The smallest absolute Gasteiger partial charge is 0.355 e. The van der Waals surface area contributed by atoms with E-state index in [-0.39, 0.29) is 11.9 Å². The average molecular weight is 345 g/mol. The van der Waals surface area contributed by atoms with Crippen LogP contribution in [0.25, 0.3) is 0 Å². The summed E-state index contributed by atoms with van der Waals surface area (Å²) < 4.78 is 38.1. The lowest BCUT2D eigenvalue weighted by atomic mass is 10.3. The van der Waals surface area contributed by atoms with E-state index in [1.54, 1.807) is 4.90 Å². The molecular weight excluding hydrogens is 323 g/mol. The minimum atomic E-state index is -4.48. The Morgan fingerprint density at radius 3 is 2.62 bits per heavy atom. The van der Waals surface area contributed by atoms with Crippen LogP contribution in [-0.4, -0.2) is 60.0 Å². The van der Waals surface area contributed by atoms with Gasteiger partial charge in [-0.1, -0.05) is 13.3 Å². The first-order valence-corrected chi connectivity index (χ1v) is 8.04.